The number of ether oxygens (including phenoxy) is 2. The predicted molar refractivity (Wildman–Crippen MR) is 98.6 cm³/mol. The van der Waals surface area contributed by atoms with E-state index in [9.17, 15) is 9.90 Å². The Hall–Kier alpha value is -2.69. The number of rotatable bonds is 7. The lowest BCUT2D eigenvalue weighted by Gasteiger charge is -2.11. The standard InChI is InChI=1S/C20H24O5/c1-13(2)7-5-8-14(3)11-12-24-19-17-15(23-4)9-6-10-16(17)25-20(22)18(19)21/h6-7,9-11,21H,5,8,12H2,1-4H3/b14-11+. The molecule has 25 heavy (non-hydrogen) atoms. The maximum absolute atomic E-state index is 11.8. The second kappa shape index (κ2) is 8.42. The molecule has 0 atom stereocenters. The monoisotopic (exact) mass is 344 g/mol. The van der Waals surface area contributed by atoms with E-state index >= 15 is 0 Å². The predicted octanol–water partition coefficient (Wildman–Crippen LogP) is 4.58. The lowest BCUT2D eigenvalue weighted by atomic mass is 10.1. The topological polar surface area (TPSA) is 68.9 Å². The number of hydrogen-bond donors (Lipinski definition) is 1. The van der Waals surface area contributed by atoms with Gasteiger partial charge in [0.15, 0.2) is 5.75 Å². The number of fused-ring (bicyclic) bond motifs is 1. The van der Waals surface area contributed by atoms with Gasteiger partial charge in [-0.15, -0.1) is 0 Å². The highest BCUT2D eigenvalue weighted by atomic mass is 16.5. The van der Waals surface area contributed by atoms with E-state index in [1.54, 1.807) is 18.2 Å². The molecule has 134 valence electrons. The van der Waals surface area contributed by atoms with E-state index in [-0.39, 0.29) is 12.4 Å². The Bertz CT molecular complexity index is 854. The van der Waals surface area contributed by atoms with Crippen LogP contribution in [0.25, 0.3) is 11.0 Å². The summed E-state index contributed by atoms with van der Waals surface area (Å²) in [5, 5.41) is 10.5. The molecule has 0 saturated carbocycles. The quantitative estimate of drug-likeness (QED) is 0.588. The van der Waals surface area contributed by atoms with Crippen LogP contribution in [0.2, 0.25) is 0 Å². The highest BCUT2D eigenvalue weighted by Gasteiger charge is 2.18. The van der Waals surface area contributed by atoms with Crippen LogP contribution in [0.15, 0.2) is 50.7 Å². The largest absolute Gasteiger partial charge is 0.499 e. The first-order chi connectivity index (χ1) is 11.9. The van der Waals surface area contributed by atoms with Crippen LogP contribution in [0.1, 0.15) is 33.6 Å². The molecule has 0 amide bonds. The minimum atomic E-state index is -0.833. The van der Waals surface area contributed by atoms with Gasteiger partial charge in [0.25, 0.3) is 0 Å². The minimum Gasteiger partial charge on any atom is -0.499 e. The van der Waals surface area contributed by atoms with Crippen molar-refractivity contribution in [3.05, 3.63) is 51.9 Å². The molecule has 1 N–H and O–H groups in total. The first-order valence-electron chi connectivity index (χ1n) is 8.18. The van der Waals surface area contributed by atoms with E-state index in [4.69, 9.17) is 13.9 Å². The Morgan fingerprint density at radius 3 is 2.68 bits per heavy atom. The molecule has 5 heteroatoms. The fourth-order valence-corrected chi connectivity index (χ4v) is 2.45. The van der Waals surface area contributed by atoms with Crippen molar-refractivity contribution < 1.29 is 19.0 Å². The first kappa shape index (κ1) is 18.6. The van der Waals surface area contributed by atoms with Crippen LogP contribution in [-0.4, -0.2) is 18.8 Å². The normalized spacial score (nSPS) is 11.4. The summed E-state index contributed by atoms with van der Waals surface area (Å²) in [6.45, 7) is 6.42. The van der Waals surface area contributed by atoms with Gasteiger partial charge in [-0.2, -0.15) is 0 Å². The zero-order valence-corrected chi connectivity index (χ0v) is 15.1. The fourth-order valence-electron chi connectivity index (χ4n) is 2.45. The van der Waals surface area contributed by atoms with E-state index in [2.05, 4.69) is 19.9 Å². The summed E-state index contributed by atoms with van der Waals surface area (Å²) < 4.78 is 16.1. The van der Waals surface area contributed by atoms with Crippen molar-refractivity contribution >= 4 is 11.0 Å². The van der Waals surface area contributed by atoms with Crippen molar-refractivity contribution in [3.8, 4) is 17.2 Å². The van der Waals surface area contributed by atoms with Gasteiger partial charge in [-0.25, -0.2) is 4.79 Å². The van der Waals surface area contributed by atoms with Crippen LogP contribution in [0.5, 0.6) is 17.2 Å². The summed E-state index contributed by atoms with van der Waals surface area (Å²) in [6.07, 6.45) is 6.03. The SMILES string of the molecule is COc1cccc2oc(=O)c(O)c(OC/C=C(\C)CCC=C(C)C)c12. The van der Waals surface area contributed by atoms with Gasteiger partial charge in [0, 0.05) is 0 Å². The van der Waals surface area contributed by atoms with E-state index < -0.39 is 11.4 Å². The third kappa shape index (κ3) is 4.66. The Labute approximate surface area is 147 Å². The Morgan fingerprint density at radius 1 is 1.24 bits per heavy atom. The molecule has 2 aromatic rings. The Balaban J connectivity index is 2.24. The second-order valence-corrected chi connectivity index (χ2v) is 6.08. The van der Waals surface area contributed by atoms with Gasteiger partial charge in [-0.05, 0) is 51.8 Å². The van der Waals surface area contributed by atoms with Crippen LogP contribution >= 0.6 is 0 Å². The maximum Gasteiger partial charge on any atom is 0.382 e. The molecule has 0 radical (unpaired) electrons. The third-order valence-corrected chi connectivity index (χ3v) is 3.80. The summed E-state index contributed by atoms with van der Waals surface area (Å²) in [5.74, 6) is 0.000419. The van der Waals surface area contributed by atoms with Gasteiger partial charge in [0.2, 0.25) is 5.75 Å². The lowest BCUT2D eigenvalue weighted by molar-refractivity contribution is 0.325. The lowest BCUT2D eigenvalue weighted by Crippen LogP contribution is -2.04. The highest BCUT2D eigenvalue weighted by molar-refractivity contribution is 5.91. The smallest absolute Gasteiger partial charge is 0.382 e. The van der Waals surface area contributed by atoms with Gasteiger partial charge in [-0.3, -0.25) is 0 Å². The molecule has 0 aliphatic carbocycles. The minimum absolute atomic E-state index is 0.0806. The molecular formula is C20H24O5. The molecule has 1 aromatic heterocycles. The van der Waals surface area contributed by atoms with Crippen molar-refractivity contribution in [3.63, 3.8) is 0 Å². The molecule has 0 aliphatic rings. The fraction of sp³-hybridized carbons (Fsp3) is 0.350. The summed E-state index contributed by atoms with van der Waals surface area (Å²) >= 11 is 0. The number of methoxy groups -OCH3 is 1. The number of hydrogen-bond acceptors (Lipinski definition) is 5. The Morgan fingerprint density at radius 2 is 2.00 bits per heavy atom. The van der Waals surface area contributed by atoms with Crippen LogP contribution in [0, 0.1) is 0 Å². The molecule has 0 aliphatic heterocycles. The van der Waals surface area contributed by atoms with Crippen molar-refractivity contribution in [1.82, 2.24) is 0 Å². The molecule has 0 bridgehead atoms. The number of aromatic hydroxyl groups is 1. The van der Waals surface area contributed by atoms with Crippen LogP contribution < -0.4 is 15.1 Å². The Kier molecular flexibility index (Phi) is 6.28. The second-order valence-electron chi connectivity index (χ2n) is 6.08. The molecule has 0 spiro atoms. The molecule has 2 rings (SSSR count). The number of benzene rings is 1. The van der Waals surface area contributed by atoms with E-state index in [1.165, 1.54) is 18.3 Å². The molecule has 1 heterocycles. The molecule has 0 unspecified atom stereocenters. The molecule has 0 fully saturated rings. The van der Waals surface area contributed by atoms with E-state index in [1.807, 2.05) is 13.0 Å². The van der Waals surface area contributed by atoms with Crippen molar-refractivity contribution in [2.75, 3.05) is 13.7 Å². The van der Waals surface area contributed by atoms with Crippen LogP contribution in [-0.2, 0) is 0 Å². The summed E-state index contributed by atoms with van der Waals surface area (Å²) in [6, 6.07) is 5.05. The average molecular weight is 344 g/mol. The van der Waals surface area contributed by atoms with Gasteiger partial charge in [-0.1, -0.05) is 23.3 Å². The van der Waals surface area contributed by atoms with Crippen molar-refractivity contribution in [2.24, 2.45) is 0 Å². The van der Waals surface area contributed by atoms with Crippen LogP contribution in [0.4, 0.5) is 0 Å². The third-order valence-electron chi connectivity index (χ3n) is 3.80. The van der Waals surface area contributed by atoms with Gasteiger partial charge < -0.3 is 19.0 Å². The molecule has 0 saturated heterocycles. The zero-order chi connectivity index (χ0) is 18.4. The number of allylic oxidation sites excluding steroid dienone is 3. The highest BCUT2D eigenvalue weighted by Crippen LogP contribution is 2.38. The zero-order valence-electron chi connectivity index (χ0n) is 15.1. The van der Waals surface area contributed by atoms with Gasteiger partial charge in [0.05, 0.1) is 7.11 Å². The summed E-state index contributed by atoms with van der Waals surface area (Å²) in [5.41, 5.74) is 1.95. The average Bonchev–Trinajstić information content (AvgIpc) is 2.57. The molecular weight excluding hydrogens is 320 g/mol. The van der Waals surface area contributed by atoms with E-state index in [0.29, 0.717) is 16.7 Å². The van der Waals surface area contributed by atoms with Crippen molar-refractivity contribution in [1.29, 1.82) is 0 Å². The van der Waals surface area contributed by atoms with E-state index in [0.717, 1.165) is 12.8 Å². The first-order valence-corrected chi connectivity index (χ1v) is 8.18. The summed E-state index contributed by atoms with van der Waals surface area (Å²) in [4.78, 5) is 11.8. The van der Waals surface area contributed by atoms with Gasteiger partial charge >= 0.3 is 5.63 Å². The summed E-state index contributed by atoms with van der Waals surface area (Å²) in [7, 11) is 1.51. The van der Waals surface area contributed by atoms with Crippen molar-refractivity contribution in [2.45, 2.75) is 33.6 Å². The molecule has 1 aromatic carbocycles. The molecule has 5 nitrogen and oxygen atoms in total. The van der Waals surface area contributed by atoms with Gasteiger partial charge in [0.1, 0.15) is 23.3 Å². The maximum atomic E-state index is 11.8. The van der Waals surface area contributed by atoms with Crippen LogP contribution in [0.3, 0.4) is 0 Å².